The zero-order valence-electron chi connectivity index (χ0n) is 38.5. The summed E-state index contributed by atoms with van der Waals surface area (Å²) < 4.78 is 0. The monoisotopic (exact) mass is 829 g/mol. The van der Waals surface area contributed by atoms with Crippen LogP contribution in [0.4, 0.5) is 17.1 Å². The highest BCUT2D eigenvalue weighted by atomic mass is 15.1. The van der Waals surface area contributed by atoms with Crippen molar-refractivity contribution in [3.05, 3.63) is 263 Å². The number of fused-ring (bicyclic) bond motifs is 5. The van der Waals surface area contributed by atoms with E-state index in [1.54, 1.807) is 0 Å². The van der Waals surface area contributed by atoms with Crippen molar-refractivity contribution in [1.29, 1.82) is 0 Å². The second-order valence-corrected chi connectivity index (χ2v) is 17.3. The maximum absolute atomic E-state index is 4.13. The molecule has 0 bridgehead atoms. The lowest BCUT2D eigenvalue weighted by molar-refractivity contribution is 0.714. The van der Waals surface area contributed by atoms with Crippen molar-refractivity contribution in [2.24, 2.45) is 0 Å². The Morgan fingerprint density at radius 1 is 0.547 bits per heavy atom. The van der Waals surface area contributed by atoms with Crippen molar-refractivity contribution in [2.75, 3.05) is 4.90 Å². The standard InChI is InChI=1S/C56H51N.C7H8/c1-9-38(5)41(10-2)34-42(11-3)43-27-31-51-52(35-43)56(8,44-20-13-12-14-21-44)53-36-54(49-23-17-18-24-50(49)55(51)53)57(45-28-25-37(4)26-29-45)46-30-32-48(40(7)33-46)47-22-16-15-19-39(47)6;1-7-5-3-2-4-6-7/h9-10,12-36H,1-2,11H2,3-8H3;2-6H,1H3/b41-38+,42-34+;. The van der Waals surface area contributed by atoms with Gasteiger partial charge in [-0.3, -0.25) is 0 Å². The van der Waals surface area contributed by atoms with E-state index in [1.165, 1.54) is 88.8 Å². The van der Waals surface area contributed by atoms with Gasteiger partial charge in [0, 0.05) is 22.2 Å². The van der Waals surface area contributed by atoms with Crippen LogP contribution in [-0.2, 0) is 5.41 Å². The molecule has 0 saturated heterocycles. The van der Waals surface area contributed by atoms with Crippen LogP contribution in [0.15, 0.2) is 218 Å². The second kappa shape index (κ2) is 18.6. The predicted molar refractivity (Wildman–Crippen MR) is 278 cm³/mol. The summed E-state index contributed by atoms with van der Waals surface area (Å²) in [6, 6.07) is 64.6. The van der Waals surface area contributed by atoms with Gasteiger partial charge in [0.2, 0.25) is 0 Å². The summed E-state index contributed by atoms with van der Waals surface area (Å²) in [5.74, 6) is 0. The van der Waals surface area contributed by atoms with Crippen molar-refractivity contribution in [2.45, 2.75) is 60.3 Å². The van der Waals surface area contributed by atoms with Crippen LogP contribution in [0.3, 0.4) is 0 Å². The molecule has 64 heavy (non-hydrogen) atoms. The summed E-state index contributed by atoms with van der Waals surface area (Å²) in [4.78, 5) is 2.47. The first-order valence-electron chi connectivity index (χ1n) is 22.6. The van der Waals surface area contributed by atoms with Crippen LogP contribution >= 0.6 is 0 Å². The highest BCUT2D eigenvalue weighted by Crippen LogP contribution is 2.57. The number of anilines is 3. The van der Waals surface area contributed by atoms with Gasteiger partial charge in [0.05, 0.1) is 5.69 Å². The minimum atomic E-state index is -0.419. The fourth-order valence-electron chi connectivity index (χ4n) is 9.48. The number of rotatable bonds is 10. The molecule has 1 aliphatic carbocycles. The first-order chi connectivity index (χ1) is 31.1. The number of allylic oxidation sites excluding steroid dienone is 6. The SMILES string of the molecule is C=C/C(C)=C(C=C)/C=C(\CC)c1ccc2c(c1)C(C)(c1ccccc1)c1cc(N(c3ccc(C)cc3)c3ccc(-c4ccccc4C)c(C)c3)c3ccccc3c1-2.Cc1ccccc1. The number of hydrogen-bond acceptors (Lipinski definition) is 1. The lowest BCUT2D eigenvalue weighted by Crippen LogP contribution is -2.23. The van der Waals surface area contributed by atoms with Crippen LogP contribution in [0.25, 0.3) is 38.6 Å². The highest BCUT2D eigenvalue weighted by molar-refractivity contribution is 6.10. The molecule has 0 N–H and O–H groups in total. The fraction of sp³-hybridized carbons (Fsp3) is 0.143. The van der Waals surface area contributed by atoms with Crippen molar-refractivity contribution in [1.82, 2.24) is 0 Å². The smallest absolute Gasteiger partial charge is 0.0543 e. The van der Waals surface area contributed by atoms with Crippen LogP contribution in [-0.4, -0.2) is 0 Å². The molecule has 316 valence electrons. The quantitative estimate of drug-likeness (QED) is 0.124. The van der Waals surface area contributed by atoms with Crippen LogP contribution in [0.2, 0.25) is 0 Å². The first-order valence-corrected chi connectivity index (χ1v) is 22.6. The summed E-state index contributed by atoms with van der Waals surface area (Å²) in [5.41, 5.74) is 21.9. The Bertz CT molecular complexity index is 3050. The van der Waals surface area contributed by atoms with Gasteiger partial charge in [0.25, 0.3) is 0 Å². The Kier molecular flexibility index (Phi) is 12.6. The van der Waals surface area contributed by atoms with Crippen LogP contribution in [0.5, 0.6) is 0 Å². The van der Waals surface area contributed by atoms with Gasteiger partial charge in [-0.05, 0) is 162 Å². The third-order valence-corrected chi connectivity index (χ3v) is 13.2. The summed E-state index contributed by atoms with van der Waals surface area (Å²) in [7, 11) is 0. The highest BCUT2D eigenvalue weighted by Gasteiger charge is 2.43. The molecule has 0 fully saturated rings. The molecular weight excluding hydrogens is 771 g/mol. The summed E-state index contributed by atoms with van der Waals surface area (Å²) >= 11 is 0. The topological polar surface area (TPSA) is 3.24 Å². The van der Waals surface area contributed by atoms with Crippen molar-refractivity contribution < 1.29 is 0 Å². The molecule has 0 radical (unpaired) electrons. The Balaban J connectivity index is 0.000000731. The fourth-order valence-corrected chi connectivity index (χ4v) is 9.48. The molecular formula is C63H59N. The predicted octanol–water partition coefficient (Wildman–Crippen LogP) is 17.7. The molecule has 1 nitrogen and oxygen atoms in total. The molecule has 1 aliphatic rings. The van der Waals surface area contributed by atoms with Crippen LogP contribution in [0.1, 0.15) is 71.7 Å². The van der Waals surface area contributed by atoms with E-state index in [0.717, 1.165) is 28.9 Å². The minimum absolute atomic E-state index is 0.419. The lowest BCUT2D eigenvalue weighted by atomic mass is 9.73. The van der Waals surface area contributed by atoms with E-state index in [0.29, 0.717) is 0 Å². The minimum Gasteiger partial charge on any atom is -0.310 e. The van der Waals surface area contributed by atoms with Gasteiger partial charge < -0.3 is 4.90 Å². The van der Waals surface area contributed by atoms with Crippen LogP contribution in [0, 0.1) is 27.7 Å². The molecule has 1 atom stereocenters. The van der Waals surface area contributed by atoms with E-state index in [-0.39, 0.29) is 0 Å². The molecule has 8 aromatic carbocycles. The van der Waals surface area contributed by atoms with E-state index in [2.05, 4.69) is 230 Å². The average Bonchev–Trinajstić information content (AvgIpc) is 3.58. The largest absolute Gasteiger partial charge is 0.310 e. The van der Waals surface area contributed by atoms with Crippen molar-refractivity contribution in [3.8, 4) is 22.3 Å². The van der Waals surface area contributed by atoms with Gasteiger partial charge in [-0.2, -0.15) is 0 Å². The zero-order chi connectivity index (χ0) is 45.0. The van der Waals surface area contributed by atoms with Gasteiger partial charge in [-0.1, -0.05) is 189 Å². The van der Waals surface area contributed by atoms with E-state index in [4.69, 9.17) is 0 Å². The molecule has 0 heterocycles. The zero-order valence-corrected chi connectivity index (χ0v) is 38.5. The normalized spacial score (nSPS) is 14.5. The van der Waals surface area contributed by atoms with Gasteiger partial charge in [0.15, 0.2) is 0 Å². The van der Waals surface area contributed by atoms with Gasteiger partial charge in [-0.25, -0.2) is 0 Å². The molecule has 0 amide bonds. The third kappa shape index (κ3) is 8.23. The molecule has 0 spiro atoms. The first kappa shape index (κ1) is 43.4. The lowest BCUT2D eigenvalue weighted by Gasteiger charge is -2.32. The van der Waals surface area contributed by atoms with Crippen LogP contribution < -0.4 is 4.90 Å². The summed E-state index contributed by atoms with van der Waals surface area (Å²) in [6.45, 7) is 23.6. The number of benzene rings is 8. The molecule has 1 heteroatoms. The molecule has 0 aliphatic heterocycles. The molecule has 8 aromatic rings. The van der Waals surface area contributed by atoms with Gasteiger partial charge in [0.1, 0.15) is 0 Å². The molecule has 0 aromatic heterocycles. The summed E-state index contributed by atoms with van der Waals surface area (Å²) in [5, 5.41) is 2.48. The number of nitrogens with zero attached hydrogens (tertiary/aromatic N) is 1. The average molecular weight is 830 g/mol. The second-order valence-electron chi connectivity index (χ2n) is 17.3. The van der Waals surface area contributed by atoms with Crippen molar-refractivity contribution >= 4 is 33.4 Å². The third-order valence-electron chi connectivity index (χ3n) is 13.2. The maximum Gasteiger partial charge on any atom is 0.0543 e. The van der Waals surface area contributed by atoms with E-state index in [1.807, 2.05) is 30.4 Å². The van der Waals surface area contributed by atoms with E-state index >= 15 is 0 Å². The molecule has 0 saturated carbocycles. The Morgan fingerprint density at radius 3 is 1.77 bits per heavy atom. The van der Waals surface area contributed by atoms with Crippen molar-refractivity contribution in [3.63, 3.8) is 0 Å². The van der Waals surface area contributed by atoms with E-state index in [9.17, 15) is 0 Å². The number of aryl methyl sites for hydroxylation is 4. The Labute approximate surface area is 382 Å². The summed E-state index contributed by atoms with van der Waals surface area (Å²) in [6.07, 6.45) is 7.04. The Hall–Kier alpha value is -7.22. The van der Waals surface area contributed by atoms with E-state index < -0.39 is 5.41 Å². The van der Waals surface area contributed by atoms with Gasteiger partial charge >= 0.3 is 0 Å². The molecule has 1 unspecified atom stereocenters. The number of hydrogen-bond donors (Lipinski definition) is 0. The Morgan fingerprint density at radius 2 is 1.14 bits per heavy atom. The maximum atomic E-state index is 4.13. The van der Waals surface area contributed by atoms with Gasteiger partial charge in [-0.15, -0.1) is 0 Å². The molecule has 9 rings (SSSR count).